The van der Waals surface area contributed by atoms with Gasteiger partial charge in [-0.1, -0.05) is 103 Å². The van der Waals surface area contributed by atoms with E-state index < -0.39 is 11.9 Å². The van der Waals surface area contributed by atoms with Gasteiger partial charge in [-0.2, -0.15) is 0 Å². The van der Waals surface area contributed by atoms with Gasteiger partial charge in [0.25, 0.3) is 0 Å². The lowest BCUT2D eigenvalue weighted by Crippen LogP contribution is -2.28. The third kappa shape index (κ3) is 9.77. The normalized spacial score (nSPS) is 11.0. The van der Waals surface area contributed by atoms with Gasteiger partial charge in [-0.25, -0.2) is 0 Å². The lowest BCUT2D eigenvalue weighted by molar-refractivity contribution is -0.256. The van der Waals surface area contributed by atoms with Crippen LogP contribution in [0.4, 0.5) is 0 Å². The number of rotatable bonds is 18. The molecule has 0 aliphatic carbocycles. The van der Waals surface area contributed by atoms with Crippen LogP contribution in [0.5, 0.6) is 0 Å². The van der Waals surface area contributed by atoms with Crippen molar-refractivity contribution in [2.24, 2.45) is 0 Å². The first kappa shape index (κ1) is 26.2. The van der Waals surface area contributed by atoms with Crippen LogP contribution in [0, 0.1) is 0 Å². The van der Waals surface area contributed by atoms with Crippen molar-refractivity contribution < 1.29 is 19.8 Å². The van der Waals surface area contributed by atoms with E-state index in [1.807, 2.05) is 0 Å². The molecule has 30 heavy (non-hydrogen) atoms. The van der Waals surface area contributed by atoms with Gasteiger partial charge in [-0.15, -0.1) is 0 Å². The number of carboxylic acid groups (broad SMARTS) is 2. The maximum Gasteiger partial charge on any atom is 0.0718 e. The molecule has 1 aromatic rings. The number of hydrogen-bond donors (Lipinski definition) is 0. The topological polar surface area (TPSA) is 80.3 Å². The number of carbonyl (C=O) groups is 2. The first-order valence-corrected chi connectivity index (χ1v) is 12.1. The van der Waals surface area contributed by atoms with E-state index in [2.05, 4.69) is 13.8 Å². The molecule has 0 amide bonds. The molecule has 4 nitrogen and oxygen atoms in total. The van der Waals surface area contributed by atoms with E-state index in [0.29, 0.717) is 24.0 Å². The fraction of sp³-hybridized carbons (Fsp3) is 0.692. The van der Waals surface area contributed by atoms with E-state index in [1.54, 1.807) is 0 Å². The Bertz CT molecular complexity index is 581. The Morgan fingerprint density at radius 1 is 0.567 bits per heavy atom. The summed E-state index contributed by atoms with van der Waals surface area (Å²) in [5.74, 6) is -2.45. The zero-order valence-electron chi connectivity index (χ0n) is 19.1. The maximum atomic E-state index is 11.7. The second-order valence-electron chi connectivity index (χ2n) is 8.44. The van der Waals surface area contributed by atoms with Crippen molar-refractivity contribution in [3.63, 3.8) is 0 Å². The average molecular weight is 417 g/mol. The summed E-state index contributed by atoms with van der Waals surface area (Å²) in [5, 5.41) is 23.3. The SMILES string of the molecule is CCCCCCCCCc1c(C(=O)[O-])ccc(C(=O)[O-])c1CCCCCCCCC. The number of carboxylic acids is 2. The summed E-state index contributed by atoms with van der Waals surface area (Å²) in [6.45, 7) is 4.39. The Morgan fingerprint density at radius 3 is 1.17 bits per heavy atom. The Balaban J connectivity index is 2.78. The largest absolute Gasteiger partial charge is 0.545 e. The fourth-order valence-electron chi connectivity index (χ4n) is 4.16. The summed E-state index contributed by atoms with van der Waals surface area (Å²) in [6.07, 6.45) is 17.1. The number of benzene rings is 1. The molecular formula is C26H40O4-2. The summed E-state index contributed by atoms with van der Waals surface area (Å²) in [6, 6.07) is 2.76. The van der Waals surface area contributed by atoms with E-state index in [4.69, 9.17) is 0 Å². The van der Waals surface area contributed by atoms with Crippen LogP contribution in [0.1, 0.15) is 136 Å². The van der Waals surface area contributed by atoms with Crippen molar-refractivity contribution >= 4 is 11.9 Å². The van der Waals surface area contributed by atoms with E-state index in [0.717, 1.165) is 38.5 Å². The van der Waals surface area contributed by atoms with E-state index in [-0.39, 0.29) is 11.1 Å². The van der Waals surface area contributed by atoms with Gasteiger partial charge in [0.15, 0.2) is 0 Å². The standard InChI is InChI=1S/C26H42O4/c1-3-5-7-9-11-13-15-17-21-22(18-16-14-12-10-8-6-4-2)24(26(29)30)20-19-23(21)25(27)28/h19-20H,3-18H2,1-2H3,(H,27,28)(H,29,30)/p-2. The van der Waals surface area contributed by atoms with Crippen LogP contribution in [-0.2, 0) is 12.8 Å². The zero-order chi connectivity index (χ0) is 22.2. The van der Waals surface area contributed by atoms with Crippen molar-refractivity contribution in [1.29, 1.82) is 0 Å². The monoisotopic (exact) mass is 416 g/mol. The molecule has 0 radical (unpaired) electrons. The minimum Gasteiger partial charge on any atom is -0.545 e. The maximum absolute atomic E-state index is 11.7. The third-order valence-corrected chi connectivity index (χ3v) is 5.93. The highest BCUT2D eigenvalue weighted by atomic mass is 16.4. The molecule has 0 atom stereocenters. The molecular weight excluding hydrogens is 376 g/mol. The molecule has 0 aromatic heterocycles. The molecule has 1 aromatic carbocycles. The Morgan fingerprint density at radius 2 is 0.867 bits per heavy atom. The van der Waals surface area contributed by atoms with Crippen molar-refractivity contribution in [3.05, 3.63) is 34.4 Å². The molecule has 0 spiro atoms. The van der Waals surface area contributed by atoms with Gasteiger partial charge in [0.05, 0.1) is 11.9 Å². The summed E-state index contributed by atoms with van der Waals surface area (Å²) in [7, 11) is 0. The van der Waals surface area contributed by atoms with Crippen LogP contribution in [0.3, 0.4) is 0 Å². The Kier molecular flexibility index (Phi) is 13.9. The number of hydrogen-bond acceptors (Lipinski definition) is 4. The van der Waals surface area contributed by atoms with Crippen molar-refractivity contribution in [2.45, 2.75) is 117 Å². The number of aromatic carboxylic acids is 2. The second kappa shape index (κ2) is 15.9. The highest BCUT2D eigenvalue weighted by molar-refractivity contribution is 5.93. The molecule has 0 saturated heterocycles. The second-order valence-corrected chi connectivity index (χ2v) is 8.44. The Hall–Kier alpha value is -1.84. The quantitative estimate of drug-likeness (QED) is 0.315. The summed E-state index contributed by atoms with van der Waals surface area (Å²) >= 11 is 0. The third-order valence-electron chi connectivity index (χ3n) is 5.93. The predicted octanol–water partition coefficient (Wildman–Crippen LogP) is 5.00. The molecule has 170 valence electrons. The van der Waals surface area contributed by atoms with E-state index >= 15 is 0 Å². The van der Waals surface area contributed by atoms with Crippen molar-refractivity contribution in [1.82, 2.24) is 0 Å². The minimum atomic E-state index is -1.22. The lowest BCUT2D eigenvalue weighted by atomic mass is 9.88. The molecule has 0 unspecified atom stereocenters. The summed E-state index contributed by atoms with van der Waals surface area (Å²) in [4.78, 5) is 23.3. The molecule has 0 heterocycles. The molecule has 0 fully saturated rings. The molecule has 1 rings (SSSR count). The minimum absolute atomic E-state index is 0.143. The number of unbranched alkanes of at least 4 members (excludes halogenated alkanes) is 12. The fourth-order valence-corrected chi connectivity index (χ4v) is 4.16. The average Bonchev–Trinajstić information content (AvgIpc) is 2.72. The van der Waals surface area contributed by atoms with Crippen LogP contribution in [0.15, 0.2) is 12.1 Å². The molecule has 0 bridgehead atoms. The van der Waals surface area contributed by atoms with E-state index in [9.17, 15) is 19.8 Å². The van der Waals surface area contributed by atoms with Crippen LogP contribution >= 0.6 is 0 Å². The summed E-state index contributed by atoms with van der Waals surface area (Å²) < 4.78 is 0. The predicted molar refractivity (Wildman–Crippen MR) is 118 cm³/mol. The lowest BCUT2D eigenvalue weighted by Gasteiger charge is -2.20. The highest BCUT2D eigenvalue weighted by Gasteiger charge is 2.14. The van der Waals surface area contributed by atoms with Crippen LogP contribution in [0.25, 0.3) is 0 Å². The highest BCUT2D eigenvalue weighted by Crippen LogP contribution is 2.25. The molecule has 0 saturated carbocycles. The molecule has 4 heteroatoms. The van der Waals surface area contributed by atoms with Gasteiger partial charge >= 0.3 is 0 Å². The van der Waals surface area contributed by atoms with Gasteiger partial charge < -0.3 is 19.8 Å². The van der Waals surface area contributed by atoms with Gasteiger partial charge in [-0.05, 0) is 36.8 Å². The van der Waals surface area contributed by atoms with Gasteiger partial charge in [0, 0.05) is 11.1 Å². The Labute approximate surface area is 183 Å². The molecule has 0 aliphatic rings. The van der Waals surface area contributed by atoms with Crippen LogP contribution in [0.2, 0.25) is 0 Å². The zero-order valence-corrected chi connectivity index (χ0v) is 19.1. The van der Waals surface area contributed by atoms with Crippen LogP contribution < -0.4 is 10.2 Å². The smallest absolute Gasteiger partial charge is 0.0718 e. The molecule has 0 aliphatic heterocycles. The summed E-state index contributed by atoms with van der Waals surface area (Å²) in [5.41, 5.74) is 1.58. The van der Waals surface area contributed by atoms with E-state index in [1.165, 1.54) is 63.5 Å². The first-order valence-electron chi connectivity index (χ1n) is 12.1. The first-order chi connectivity index (χ1) is 14.5. The van der Waals surface area contributed by atoms with Crippen molar-refractivity contribution in [2.75, 3.05) is 0 Å². The van der Waals surface area contributed by atoms with Crippen molar-refractivity contribution in [3.8, 4) is 0 Å². The number of carbonyl (C=O) groups excluding carboxylic acids is 2. The van der Waals surface area contributed by atoms with Gasteiger partial charge in [0.1, 0.15) is 0 Å². The van der Waals surface area contributed by atoms with Gasteiger partial charge in [-0.3, -0.25) is 0 Å². The van der Waals surface area contributed by atoms with Crippen LogP contribution in [-0.4, -0.2) is 11.9 Å². The molecule has 0 N–H and O–H groups in total. The van der Waals surface area contributed by atoms with Gasteiger partial charge in [0.2, 0.25) is 0 Å².